The lowest BCUT2D eigenvalue weighted by molar-refractivity contribution is 0.0192. The number of carbonyl (C=O) groups is 1. The summed E-state index contributed by atoms with van der Waals surface area (Å²) in [5.41, 5.74) is 10.4. The lowest BCUT2D eigenvalue weighted by atomic mass is 10.0. The lowest BCUT2D eigenvalue weighted by Crippen LogP contribution is -2.47. The molecule has 1 fully saturated rings. The Morgan fingerprint density at radius 2 is 1.89 bits per heavy atom. The summed E-state index contributed by atoms with van der Waals surface area (Å²) >= 11 is 0. The van der Waals surface area contributed by atoms with E-state index in [4.69, 9.17) is 20.4 Å². The molecule has 12 heteroatoms. The number of amides is 1. The highest BCUT2D eigenvalue weighted by atomic mass is 19.1. The topological polar surface area (TPSA) is 129 Å². The molecule has 0 saturated carbocycles. The van der Waals surface area contributed by atoms with E-state index in [2.05, 4.69) is 15.4 Å². The number of likely N-dealkylation sites (tertiary alicyclic amines) is 1. The number of pyridine rings is 2. The van der Waals surface area contributed by atoms with Crippen molar-refractivity contribution in [1.29, 1.82) is 0 Å². The second kappa shape index (κ2) is 11.3. The van der Waals surface area contributed by atoms with E-state index in [0.29, 0.717) is 53.7 Å². The van der Waals surface area contributed by atoms with Crippen LogP contribution in [-0.2, 0) is 11.2 Å². The summed E-state index contributed by atoms with van der Waals surface area (Å²) in [6, 6.07) is 15.0. The fraction of sp³-hybridized carbons (Fsp3) is 0.364. The molecule has 45 heavy (non-hydrogen) atoms. The van der Waals surface area contributed by atoms with E-state index < -0.39 is 17.8 Å². The van der Waals surface area contributed by atoms with Gasteiger partial charge in [-0.25, -0.2) is 28.8 Å². The van der Waals surface area contributed by atoms with E-state index in [1.54, 1.807) is 22.0 Å². The predicted octanol–water partition coefficient (Wildman–Crippen LogP) is 5.17. The molecule has 5 aromatic rings. The van der Waals surface area contributed by atoms with Crippen molar-refractivity contribution in [2.45, 2.75) is 63.9 Å². The normalized spacial score (nSPS) is 18.8. The van der Waals surface area contributed by atoms with Gasteiger partial charge in [0.1, 0.15) is 23.1 Å². The zero-order valence-corrected chi connectivity index (χ0v) is 25.5. The number of halogens is 1. The lowest BCUT2D eigenvalue weighted by Gasteiger charge is -2.35. The van der Waals surface area contributed by atoms with Gasteiger partial charge in [0.2, 0.25) is 0 Å². The third-order valence-corrected chi connectivity index (χ3v) is 8.37. The number of nitrogen functional groups attached to an aromatic ring is 1. The first kappa shape index (κ1) is 28.9. The number of nitrogens with zero attached hydrogens (tertiary/aromatic N) is 7. The van der Waals surface area contributed by atoms with Gasteiger partial charge in [-0.1, -0.05) is 6.07 Å². The molecule has 1 aliphatic carbocycles. The Bertz CT molecular complexity index is 1860. The SMILES string of the molecule is CC(C)(C)OC(=O)N1CCC(N[C@@H]2c3ccc(-n4c(-c5cccnc5N)nc5ccc(-n6cccn6)nc54)cc3CC2F)CC1. The van der Waals surface area contributed by atoms with Crippen molar-refractivity contribution in [1.82, 2.24) is 39.5 Å². The van der Waals surface area contributed by atoms with Gasteiger partial charge in [0.25, 0.3) is 0 Å². The van der Waals surface area contributed by atoms with Gasteiger partial charge in [-0.3, -0.25) is 4.57 Å². The molecule has 1 amide bonds. The van der Waals surface area contributed by atoms with Gasteiger partial charge in [-0.05, 0) is 87.2 Å². The third kappa shape index (κ3) is 5.61. The van der Waals surface area contributed by atoms with Crippen molar-refractivity contribution < 1.29 is 13.9 Å². The number of hydrogen-bond donors (Lipinski definition) is 2. The number of hydrogen-bond acceptors (Lipinski definition) is 8. The van der Waals surface area contributed by atoms with E-state index in [1.807, 2.05) is 80.1 Å². The van der Waals surface area contributed by atoms with E-state index in [9.17, 15) is 4.79 Å². The van der Waals surface area contributed by atoms with Crippen molar-refractivity contribution in [2.75, 3.05) is 18.8 Å². The summed E-state index contributed by atoms with van der Waals surface area (Å²) in [6.45, 7) is 6.74. The molecular formula is C33H36FN9O2. The number of nitrogens with one attached hydrogen (secondary N) is 1. The molecular weight excluding hydrogens is 573 g/mol. The Kier molecular flexibility index (Phi) is 7.23. The number of nitrogens with two attached hydrogens (primary N) is 1. The summed E-state index contributed by atoms with van der Waals surface area (Å²) in [5.74, 6) is 1.60. The summed E-state index contributed by atoms with van der Waals surface area (Å²) in [7, 11) is 0. The second-order valence-electron chi connectivity index (χ2n) is 12.7. The first-order valence-corrected chi connectivity index (χ1v) is 15.3. The first-order valence-electron chi connectivity index (χ1n) is 15.3. The van der Waals surface area contributed by atoms with Crippen LogP contribution in [-0.4, -0.2) is 71.2 Å². The largest absolute Gasteiger partial charge is 0.444 e. The van der Waals surface area contributed by atoms with Gasteiger partial charge < -0.3 is 20.7 Å². The maximum absolute atomic E-state index is 15.6. The minimum atomic E-state index is -1.07. The number of rotatable bonds is 5. The average Bonchev–Trinajstić information content (AvgIpc) is 3.74. The van der Waals surface area contributed by atoms with Crippen LogP contribution in [0.1, 0.15) is 50.8 Å². The molecule has 11 nitrogen and oxygen atoms in total. The van der Waals surface area contributed by atoms with Gasteiger partial charge in [-0.15, -0.1) is 0 Å². The quantitative estimate of drug-likeness (QED) is 0.279. The molecule has 1 aromatic carbocycles. The number of ether oxygens (including phenoxy) is 1. The fourth-order valence-corrected chi connectivity index (χ4v) is 6.25. The van der Waals surface area contributed by atoms with Crippen molar-refractivity contribution in [3.05, 3.63) is 78.2 Å². The first-order chi connectivity index (χ1) is 21.6. The highest BCUT2D eigenvalue weighted by molar-refractivity contribution is 5.83. The van der Waals surface area contributed by atoms with Crippen LogP contribution >= 0.6 is 0 Å². The molecule has 0 radical (unpaired) electrons. The van der Waals surface area contributed by atoms with Crippen LogP contribution < -0.4 is 11.1 Å². The van der Waals surface area contributed by atoms with Crippen LogP contribution in [0, 0.1) is 0 Å². The van der Waals surface area contributed by atoms with Crippen molar-refractivity contribution in [2.24, 2.45) is 0 Å². The molecule has 2 aliphatic rings. The van der Waals surface area contributed by atoms with Crippen LogP contribution in [0.5, 0.6) is 0 Å². The average molecular weight is 610 g/mol. The number of imidazole rings is 1. The van der Waals surface area contributed by atoms with E-state index in [0.717, 1.165) is 29.7 Å². The van der Waals surface area contributed by atoms with Gasteiger partial charge in [0.15, 0.2) is 17.3 Å². The maximum atomic E-state index is 15.6. The molecule has 0 spiro atoms. The summed E-state index contributed by atoms with van der Waals surface area (Å²) < 4.78 is 24.8. The smallest absolute Gasteiger partial charge is 0.410 e. The standard InChI is InChI=1S/C33H36FN9O2/c1-33(2,3)45-32(44)41-16-11-21(12-17-41)38-28-23-8-7-22(18-20(23)19-25(28)34)43-30(24-6-4-13-36-29(24)35)39-26-9-10-27(40-31(26)43)42-15-5-14-37-42/h4-10,13-15,18,21,25,28,38H,11-12,16-17,19H2,1-3H3,(H2,35,36)/t25?,28-/m1/s1. The number of aromatic nitrogens is 6. The molecule has 1 saturated heterocycles. The van der Waals surface area contributed by atoms with Gasteiger partial charge in [0, 0.05) is 49.8 Å². The third-order valence-electron chi connectivity index (χ3n) is 8.37. The van der Waals surface area contributed by atoms with Gasteiger partial charge in [-0.2, -0.15) is 5.10 Å². The van der Waals surface area contributed by atoms with E-state index in [-0.39, 0.29) is 12.1 Å². The van der Waals surface area contributed by atoms with Gasteiger partial charge >= 0.3 is 6.09 Å². The molecule has 4 aromatic heterocycles. The second-order valence-corrected chi connectivity index (χ2v) is 12.7. The number of piperidine rings is 1. The Morgan fingerprint density at radius 1 is 1.07 bits per heavy atom. The number of carbonyl (C=O) groups excluding carboxylic acids is 1. The highest BCUT2D eigenvalue weighted by Gasteiger charge is 2.36. The molecule has 232 valence electrons. The molecule has 3 N–H and O–H groups in total. The predicted molar refractivity (Wildman–Crippen MR) is 169 cm³/mol. The summed E-state index contributed by atoms with van der Waals surface area (Å²) in [5, 5.41) is 7.90. The maximum Gasteiger partial charge on any atom is 0.410 e. The minimum Gasteiger partial charge on any atom is -0.444 e. The Hall–Kier alpha value is -4.84. The van der Waals surface area contributed by atoms with Crippen LogP contribution in [0.2, 0.25) is 0 Å². The zero-order chi connectivity index (χ0) is 31.3. The fourth-order valence-electron chi connectivity index (χ4n) is 6.25. The van der Waals surface area contributed by atoms with Crippen molar-refractivity contribution >= 4 is 23.1 Å². The van der Waals surface area contributed by atoms with Crippen LogP contribution in [0.4, 0.5) is 15.0 Å². The van der Waals surface area contributed by atoms with Crippen molar-refractivity contribution in [3.63, 3.8) is 0 Å². The molecule has 2 atom stereocenters. The Morgan fingerprint density at radius 3 is 2.62 bits per heavy atom. The van der Waals surface area contributed by atoms with Crippen molar-refractivity contribution in [3.8, 4) is 22.9 Å². The molecule has 7 rings (SSSR count). The number of fused-ring (bicyclic) bond motifs is 2. The Balaban J connectivity index is 1.19. The number of benzene rings is 1. The molecule has 1 unspecified atom stereocenters. The molecule has 5 heterocycles. The minimum absolute atomic E-state index is 0.0974. The molecule has 1 aliphatic heterocycles. The van der Waals surface area contributed by atoms with E-state index >= 15 is 4.39 Å². The van der Waals surface area contributed by atoms with Crippen LogP contribution in [0.25, 0.3) is 34.1 Å². The summed E-state index contributed by atoms with van der Waals surface area (Å²) in [6.07, 6.45) is 5.57. The highest BCUT2D eigenvalue weighted by Crippen LogP contribution is 2.38. The zero-order valence-electron chi connectivity index (χ0n) is 25.5. The van der Waals surface area contributed by atoms with Gasteiger partial charge in [0.05, 0.1) is 11.6 Å². The number of alkyl halides is 1. The van der Waals surface area contributed by atoms with Crippen LogP contribution in [0.3, 0.4) is 0 Å². The Labute approximate surface area is 260 Å². The van der Waals surface area contributed by atoms with Crippen LogP contribution in [0.15, 0.2) is 67.1 Å². The van der Waals surface area contributed by atoms with E-state index in [1.165, 1.54) is 0 Å². The number of anilines is 1. The summed E-state index contributed by atoms with van der Waals surface area (Å²) in [4.78, 5) is 28.4. The molecule has 0 bridgehead atoms. The monoisotopic (exact) mass is 609 g/mol.